The summed E-state index contributed by atoms with van der Waals surface area (Å²) < 4.78 is 35.5. The Balaban J connectivity index is 2.13. The Bertz CT molecular complexity index is 676. The topological polar surface area (TPSA) is 54.4 Å². The Labute approximate surface area is 117 Å². The maximum Gasteiger partial charge on any atom is 0.175 e. The highest BCUT2D eigenvalue weighted by molar-refractivity contribution is 7.90. The zero-order valence-electron chi connectivity index (χ0n) is 11.0. The van der Waals surface area contributed by atoms with E-state index in [9.17, 15) is 17.9 Å². The summed E-state index contributed by atoms with van der Waals surface area (Å²) >= 11 is 0. The van der Waals surface area contributed by atoms with Crippen LogP contribution < -0.4 is 0 Å². The first-order chi connectivity index (χ1) is 9.36. The zero-order chi connectivity index (χ0) is 14.8. The fourth-order valence-corrected chi connectivity index (χ4v) is 2.53. The van der Waals surface area contributed by atoms with E-state index in [1.54, 1.807) is 24.3 Å². The number of aliphatic hydroxyl groups is 1. The van der Waals surface area contributed by atoms with Gasteiger partial charge in [0.25, 0.3) is 0 Å². The molecule has 0 fully saturated rings. The highest BCUT2D eigenvalue weighted by atomic mass is 32.2. The predicted octanol–water partition coefficient (Wildman–Crippen LogP) is 2.51. The molecule has 0 aliphatic rings. The molecule has 1 N–H and O–H groups in total. The Morgan fingerprint density at radius 3 is 2.10 bits per heavy atom. The molecule has 0 radical (unpaired) electrons. The highest BCUT2D eigenvalue weighted by Crippen LogP contribution is 2.20. The molecule has 2 aromatic carbocycles. The number of sulfone groups is 1. The number of hydrogen-bond acceptors (Lipinski definition) is 3. The molecule has 0 aliphatic heterocycles. The maximum absolute atomic E-state index is 12.8. The van der Waals surface area contributed by atoms with Gasteiger partial charge in [-0.2, -0.15) is 0 Å². The molecule has 0 amide bonds. The molecular weight excluding hydrogens is 279 g/mol. The number of hydrogen-bond donors (Lipinski definition) is 1. The van der Waals surface area contributed by atoms with Gasteiger partial charge in [-0.05, 0) is 35.4 Å². The molecule has 0 bridgehead atoms. The number of aliphatic hydroxyl groups excluding tert-OH is 1. The van der Waals surface area contributed by atoms with Gasteiger partial charge in [0.1, 0.15) is 5.82 Å². The quantitative estimate of drug-likeness (QED) is 0.942. The molecule has 0 heterocycles. The average molecular weight is 294 g/mol. The molecular formula is C15H15FO3S. The van der Waals surface area contributed by atoms with Gasteiger partial charge < -0.3 is 5.11 Å². The fraction of sp³-hybridized carbons (Fsp3) is 0.200. The van der Waals surface area contributed by atoms with Crippen LogP contribution in [0.25, 0.3) is 0 Å². The molecule has 1 unspecified atom stereocenters. The van der Waals surface area contributed by atoms with Gasteiger partial charge in [0.2, 0.25) is 0 Å². The molecule has 1 atom stereocenters. The van der Waals surface area contributed by atoms with Gasteiger partial charge in [0, 0.05) is 12.7 Å². The van der Waals surface area contributed by atoms with Crippen LogP contribution in [0.15, 0.2) is 53.4 Å². The van der Waals surface area contributed by atoms with Crippen LogP contribution in [0, 0.1) is 5.82 Å². The van der Waals surface area contributed by atoms with Gasteiger partial charge in [-0.3, -0.25) is 0 Å². The zero-order valence-corrected chi connectivity index (χ0v) is 11.8. The standard InChI is InChI=1S/C15H15FO3S/c1-20(18,19)14-8-4-12(5-9-14)15(17)10-11-2-6-13(16)7-3-11/h2-9,15,17H,10H2,1H3. The van der Waals surface area contributed by atoms with Crippen molar-refractivity contribution in [2.24, 2.45) is 0 Å². The smallest absolute Gasteiger partial charge is 0.175 e. The maximum atomic E-state index is 12.8. The van der Waals surface area contributed by atoms with Crippen LogP contribution in [-0.2, 0) is 16.3 Å². The Kier molecular flexibility index (Phi) is 4.20. The van der Waals surface area contributed by atoms with Gasteiger partial charge in [-0.15, -0.1) is 0 Å². The van der Waals surface area contributed by atoms with Crippen molar-refractivity contribution < 1.29 is 17.9 Å². The van der Waals surface area contributed by atoms with E-state index in [4.69, 9.17) is 0 Å². The van der Waals surface area contributed by atoms with Gasteiger partial charge in [-0.25, -0.2) is 12.8 Å². The fourth-order valence-electron chi connectivity index (χ4n) is 1.90. The lowest BCUT2D eigenvalue weighted by Gasteiger charge is -2.11. The molecule has 0 aromatic heterocycles. The Hall–Kier alpha value is -1.72. The van der Waals surface area contributed by atoms with E-state index in [-0.39, 0.29) is 10.7 Å². The summed E-state index contributed by atoms with van der Waals surface area (Å²) in [6.07, 6.45) is 0.726. The number of halogens is 1. The lowest BCUT2D eigenvalue weighted by Crippen LogP contribution is -2.03. The van der Waals surface area contributed by atoms with Crippen molar-refractivity contribution >= 4 is 9.84 Å². The van der Waals surface area contributed by atoms with E-state index < -0.39 is 15.9 Å². The molecule has 0 saturated heterocycles. The molecule has 106 valence electrons. The van der Waals surface area contributed by atoms with Crippen molar-refractivity contribution in [1.29, 1.82) is 0 Å². The average Bonchev–Trinajstić information content (AvgIpc) is 2.40. The lowest BCUT2D eigenvalue weighted by molar-refractivity contribution is 0.178. The van der Waals surface area contributed by atoms with E-state index in [1.807, 2.05) is 0 Å². The van der Waals surface area contributed by atoms with Crippen molar-refractivity contribution in [3.05, 3.63) is 65.5 Å². The summed E-state index contributed by atoms with van der Waals surface area (Å²) in [5.41, 5.74) is 1.44. The molecule has 3 nitrogen and oxygen atoms in total. The normalized spacial score (nSPS) is 13.2. The van der Waals surface area contributed by atoms with Crippen molar-refractivity contribution in [3.8, 4) is 0 Å². The molecule has 5 heteroatoms. The summed E-state index contributed by atoms with van der Waals surface area (Å²) in [6.45, 7) is 0. The van der Waals surface area contributed by atoms with Crippen LogP contribution in [0.3, 0.4) is 0 Å². The minimum absolute atomic E-state index is 0.218. The predicted molar refractivity (Wildman–Crippen MR) is 74.6 cm³/mol. The van der Waals surface area contributed by atoms with Crippen molar-refractivity contribution in [2.75, 3.05) is 6.26 Å². The second-order valence-corrected chi connectivity index (χ2v) is 6.70. The third-order valence-corrected chi connectivity index (χ3v) is 4.16. The van der Waals surface area contributed by atoms with Crippen molar-refractivity contribution in [2.45, 2.75) is 17.4 Å². The van der Waals surface area contributed by atoms with Crippen LogP contribution in [0.1, 0.15) is 17.2 Å². The van der Waals surface area contributed by atoms with E-state index in [1.165, 1.54) is 24.3 Å². The van der Waals surface area contributed by atoms with Gasteiger partial charge in [0.05, 0.1) is 11.0 Å². The molecule has 0 saturated carbocycles. The first-order valence-electron chi connectivity index (χ1n) is 6.09. The highest BCUT2D eigenvalue weighted by Gasteiger charge is 2.11. The van der Waals surface area contributed by atoms with Crippen LogP contribution >= 0.6 is 0 Å². The van der Waals surface area contributed by atoms with E-state index in [0.717, 1.165) is 11.8 Å². The first-order valence-corrected chi connectivity index (χ1v) is 7.98. The monoisotopic (exact) mass is 294 g/mol. The molecule has 2 aromatic rings. The summed E-state index contributed by atoms with van der Waals surface area (Å²) in [6, 6.07) is 12.0. The summed E-state index contributed by atoms with van der Waals surface area (Å²) in [5, 5.41) is 10.1. The van der Waals surface area contributed by atoms with Crippen LogP contribution in [0.4, 0.5) is 4.39 Å². The molecule has 0 spiro atoms. The van der Waals surface area contributed by atoms with Gasteiger partial charge >= 0.3 is 0 Å². The third kappa shape index (κ3) is 3.65. The SMILES string of the molecule is CS(=O)(=O)c1ccc(C(O)Cc2ccc(F)cc2)cc1. The molecule has 0 aliphatic carbocycles. The van der Waals surface area contributed by atoms with Crippen LogP contribution in [0.2, 0.25) is 0 Å². The second-order valence-electron chi connectivity index (χ2n) is 4.69. The number of rotatable bonds is 4. The lowest BCUT2D eigenvalue weighted by atomic mass is 10.0. The van der Waals surface area contributed by atoms with E-state index in [2.05, 4.69) is 0 Å². The minimum atomic E-state index is -3.23. The Morgan fingerprint density at radius 2 is 1.60 bits per heavy atom. The van der Waals surface area contributed by atoms with Crippen molar-refractivity contribution in [1.82, 2.24) is 0 Å². The number of benzene rings is 2. The molecule has 20 heavy (non-hydrogen) atoms. The van der Waals surface area contributed by atoms with E-state index >= 15 is 0 Å². The summed E-state index contributed by atoms with van der Waals surface area (Å²) in [5.74, 6) is -0.319. The van der Waals surface area contributed by atoms with Crippen LogP contribution in [-0.4, -0.2) is 19.8 Å². The summed E-state index contributed by atoms with van der Waals surface area (Å²) in [7, 11) is -3.23. The van der Waals surface area contributed by atoms with Crippen molar-refractivity contribution in [3.63, 3.8) is 0 Å². The molecule has 2 rings (SSSR count). The minimum Gasteiger partial charge on any atom is -0.388 e. The Morgan fingerprint density at radius 1 is 1.05 bits per heavy atom. The largest absolute Gasteiger partial charge is 0.388 e. The second kappa shape index (κ2) is 5.73. The van der Waals surface area contributed by atoms with Gasteiger partial charge in [-0.1, -0.05) is 24.3 Å². The van der Waals surface area contributed by atoms with Gasteiger partial charge in [0.15, 0.2) is 9.84 Å². The summed E-state index contributed by atoms with van der Waals surface area (Å²) in [4.78, 5) is 0.218. The first kappa shape index (κ1) is 14.7. The van der Waals surface area contributed by atoms with E-state index in [0.29, 0.717) is 12.0 Å². The third-order valence-electron chi connectivity index (χ3n) is 3.04. The van der Waals surface area contributed by atoms with Crippen LogP contribution in [0.5, 0.6) is 0 Å².